The summed E-state index contributed by atoms with van der Waals surface area (Å²) in [6.45, 7) is 0. The molecular weight excluding hydrogens is 315 g/mol. The Hall–Kier alpha value is -0.740. The van der Waals surface area contributed by atoms with Crippen molar-refractivity contribution in [3.8, 4) is 11.1 Å². The van der Waals surface area contributed by atoms with E-state index in [9.17, 15) is 8.42 Å². The molecule has 18 heavy (non-hydrogen) atoms. The fourth-order valence-corrected chi connectivity index (χ4v) is 3.03. The van der Waals surface area contributed by atoms with Gasteiger partial charge in [0.05, 0.1) is 4.90 Å². The van der Waals surface area contributed by atoms with Crippen LogP contribution in [-0.4, -0.2) is 8.42 Å². The van der Waals surface area contributed by atoms with Crippen LogP contribution in [0.15, 0.2) is 47.4 Å². The van der Waals surface area contributed by atoms with Crippen molar-refractivity contribution in [3.63, 3.8) is 0 Å². The molecule has 2 nitrogen and oxygen atoms in total. The van der Waals surface area contributed by atoms with E-state index in [1.165, 1.54) is 12.1 Å². The first-order valence-electron chi connectivity index (χ1n) is 4.88. The van der Waals surface area contributed by atoms with E-state index in [-0.39, 0.29) is 4.90 Å². The highest BCUT2D eigenvalue weighted by Gasteiger charge is 2.17. The fraction of sp³-hybridized carbons (Fsp3) is 0. The largest absolute Gasteiger partial charge is 0.261 e. The monoisotopic (exact) mass is 320 g/mol. The van der Waals surface area contributed by atoms with E-state index < -0.39 is 9.05 Å². The van der Waals surface area contributed by atoms with E-state index >= 15 is 0 Å². The Labute approximate surface area is 120 Å². The van der Waals surface area contributed by atoms with Crippen LogP contribution in [0, 0.1) is 0 Å². The van der Waals surface area contributed by atoms with Crippen LogP contribution in [0.4, 0.5) is 0 Å². The van der Waals surface area contributed by atoms with Crippen molar-refractivity contribution >= 4 is 42.9 Å². The summed E-state index contributed by atoms with van der Waals surface area (Å²) in [6.07, 6.45) is 0. The second-order valence-electron chi connectivity index (χ2n) is 3.59. The van der Waals surface area contributed by atoms with Crippen LogP contribution in [0.1, 0.15) is 0 Å². The van der Waals surface area contributed by atoms with Crippen molar-refractivity contribution in [2.75, 3.05) is 0 Å². The molecule has 0 amide bonds. The highest BCUT2D eigenvalue weighted by atomic mass is 35.7. The third-order valence-corrected chi connectivity index (χ3v) is 4.19. The maximum atomic E-state index is 11.5. The maximum absolute atomic E-state index is 11.5. The molecule has 0 aliphatic heterocycles. The summed E-state index contributed by atoms with van der Waals surface area (Å²) in [5.74, 6) is 0. The molecule has 0 radical (unpaired) electrons. The number of halogens is 3. The standard InChI is InChI=1S/C12H7Cl3O2S/c13-9-3-1-2-8(6-9)11-7-10(14)4-5-12(11)18(15,16)17/h1-7H. The number of hydrogen-bond acceptors (Lipinski definition) is 2. The van der Waals surface area contributed by atoms with Crippen LogP contribution in [-0.2, 0) is 9.05 Å². The topological polar surface area (TPSA) is 34.1 Å². The minimum absolute atomic E-state index is 0.0100. The quantitative estimate of drug-likeness (QED) is 0.758. The first kappa shape index (κ1) is 13.7. The molecule has 0 aliphatic carbocycles. The first-order valence-corrected chi connectivity index (χ1v) is 7.94. The van der Waals surface area contributed by atoms with E-state index in [4.69, 9.17) is 33.9 Å². The molecule has 2 aromatic carbocycles. The molecule has 94 valence electrons. The van der Waals surface area contributed by atoms with E-state index in [0.717, 1.165) is 0 Å². The molecule has 0 saturated carbocycles. The zero-order valence-corrected chi connectivity index (χ0v) is 12.0. The number of rotatable bonds is 2. The molecule has 0 aliphatic rings. The van der Waals surface area contributed by atoms with Gasteiger partial charge in [-0.05, 0) is 35.9 Å². The van der Waals surface area contributed by atoms with Crippen molar-refractivity contribution in [3.05, 3.63) is 52.5 Å². The SMILES string of the molecule is O=S(=O)(Cl)c1ccc(Cl)cc1-c1cccc(Cl)c1. The third-order valence-electron chi connectivity index (χ3n) is 2.34. The summed E-state index contributed by atoms with van der Waals surface area (Å²) < 4.78 is 23.0. The van der Waals surface area contributed by atoms with E-state index in [2.05, 4.69) is 0 Å². The highest BCUT2D eigenvalue weighted by Crippen LogP contribution is 2.33. The van der Waals surface area contributed by atoms with Gasteiger partial charge in [-0.1, -0.05) is 35.3 Å². The molecule has 2 rings (SSSR count). The first-order chi connectivity index (χ1) is 8.38. The summed E-state index contributed by atoms with van der Waals surface area (Å²) in [5, 5.41) is 0.930. The molecule has 0 aromatic heterocycles. The van der Waals surface area contributed by atoms with E-state index in [1.54, 1.807) is 30.3 Å². The Bertz CT molecular complexity index is 696. The van der Waals surface area contributed by atoms with Gasteiger partial charge in [-0.3, -0.25) is 0 Å². The lowest BCUT2D eigenvalue weighted by Gasteiger charge is -2.08. The van der Waals surface area contributed by atoms with Gasteiger partial charge in [0.15, 0.2) is 0 Å². The van der Waals surface area contributed by atoms with E-state index in [0.29, 0.717) is 21.2 Å². The lowest BCUT2D eigenvalue weighted by Crippen LogP contribution is -1.94. The fourth-order valence-electron chi connectivity index (χ4n) is 1.60. The molecule has 0 atom stereocenters. The van der Waals surface area contributed by atoms with Crippen LogP contribution in [0.3, 0.4) is 0 Å². The zero-order valence-electron chi connectivity index (χ0n) is 8.90. The van der Waals surface area contributed by atoms with Crippen LogP contribution in [0.2, 0.25) is 10.0 Å². The maximum Gasteiger partial charge on any atom is 0.261 e. The number of benzene rings is 2. The molecule has 0 fully saturated rings. The predicted molar refractivity (Wildman–Crippen MR) is 74.9 cm³/mol. The summed E-state index contributed by atoms with van der Waals surface area (Å²) in [7, 11) is 1.56. The minimum Gasteiger partial charge on any atom is -0.207 e. The molecule has 0 spiro atoms. The van der Waals surface area contributed by atoms with Gasteiger partial charge in [0, 0.05) is 26.3 Å². The van der Waals surface area contributed by atoms with Gasteiger partial charge in [0.2, 0.25) is 0 Å². The second-order valence-corrected chi connectivity index (χ2v) is 7.00. The van der Waals surface area contributed by atoms with Gasteiger partial charge in [0.25, 0.3) is 9.05 Å². The Morgan fingerprint density at radius 2 is 1.56 bits per heavy atom. The smallest absolute Gasteiger partial charge is 0.207 e. The normalized spacial score (nSPS) is 11.5. The summed E-state index contributed by atoms with van der Waals surface area (Å²) in [5.41, 5.74) is 1.07. The van der Waals surface area contributed by atoms with Crippen molar-refractivity contribution in [2.24, 2.45) is 0 Å². The molecule has 0 heterocycles. The van der Waals surface area contributed by atoms with Gasteiger partial charge >= 0.3 is 0 Å². The molecule has 0 unspecified atom stereocenters. The molecule has 0 N–H and O–H groups in total. The zero-order chi connectivity index (χ0) is 13.3. The van der Waals surface area contributed by atoms with Crippen molar-refractivity contribution in [2.45, 2.75) is 4.90 Å². The molecule has 2 aromatic rings. The summed E-state index contributed by atoms with van der Waals surface area (Å²) in [4.78, 5) is 0.0100. The van der Waals surface area contributed by atoms with E-state index in [1.807, 2.05) is 0 Å². The average molecular weight is 322 g/mol. The summed E-state index contributed by atoms with van der Waals surface area (Å²) >= 11 is 11.8. The minimum atomic E-state index is -3.84. The van der Waals surface area contributed by atoms with Gasteiger partial charge in [-0.15, -0.1) is 0 Å². The van der Waals surface area contributed by atoms with Crippen LogP contribution in [0.5, 0.6) is 0 Å². The average Bonchev–Trinajstić information content (AvgIpc) is 2.27. The highest BCUT2D eigenvalue weighted by molar-refractivity contribution is 8.13. The second kappa shape index (κ2) is 5.10. The Morgan fingerprint density at radius 3 is 2.17 bits per heavy atom. The van der Waals surface area contributed by atoms with Crippen LogP contribution in [0.25, 0.3) is 11.1 Å². The van der Waals surface area contributed by atoms with Crippen molar-refractivity contribution in [1.82, 2.24) is 0 Å². The van der Waals surface area contributed by atoms with Crippen LogP contribution < -0.4 is 0 Å². The lowest BCUT2D eigenvalue weighted by atomic mass is 10.1. The van der Waals surface area contributed by atoms with Gasteiger partial charge in [0.1, 0.15) is 0 Å². The van der Waals surface area contributed by atoms with Gasteiger partial charge in [-0.25, -0.2) is 8.42 Å². The Morgan fingerprint density at radius 1 is 0.889 bits per heavy atom. The molecular formula is C12H7Cl3O2S. The lowest BCUT2D eigenvalue weighted by molar-refractivity contribution is 0.610. The Balaban J connectivity index is 2.74. The van der Waals surface area contributed by atoms with Gasteiger partial charge in [-0.2, -0.15) is 0 Å². The van der Waals surface area contributed by atoms with Crippen LogP contribution >= 0.6 is 33.9 Å². The molecule has 0 saturated heterocycles. The molecule has 0 bridgehead atoms. The predicted octanol–water partition coefficient (Wildman–Crippen LogP) is 4.59. The third kappa shape index (κ3) is 2.98. The van der Waals surface area contributed by atoms with Crippen molar-refractivity contribution < 1.29 is 8.42 Å². The number of hydrogen-bond donors (Lipinski definition) is 0. The van der Waals surface area contributed by atoms with Gasteiger partial charge < -0.3 is 0 Å². The van der Waals surface area contributed by atoms with Crippen molar-refractivity contribution in [1.29, 1.82) is 0 Å². The molecule has 6 heteroatoms. The summed E-state index contributed by atoms with van der Waals surface area (Å²) in [6, 6.07) is 11.2. The Kier molecular flexibility index (Phi) is 3.87.